The molecule has 2 aliphatic carbocycles. The molecule has 46 heavy (non-hydrogen) atoms. The first-order valence-electron chi connectivity index (χ1n) is 14.9. The lowest BCUT2D eigenvalue weighted by molar-refractivity contribution is -0.185. The Kier molecular flexibility index (Phi) is 8.79. The summed E-state index contributed by atoms with van der Waals surface area (Å²) in [4.78, 5) is 63.8. The molecule has 1 saturated heterocycles. The molecule has 4 unspecified atom stereocenters. The third-order valence-electron chi connectivity index (χ3n) is 9.27. The van der Waals surface area contributed by atoms with Gasteiger partial charge >= 0.3 is 29.8 Å². The van der Waals surface area contributed by atoms with Crippen LogP contribution in [0.15, 0.2) is 24.0 Å². The lowest BCUT2D eigenvalue weighted by Crippen LogP contribution is -2.74. The third kappa shape index (κ3) is 5.35. The van der Waals surface area contributed by atoms with E-state index in [1.807, 2.05) is 13.1 Å². The van der Waals surface area contributed by atoms with Gasteiger partial charge in [-0.15, -0.1) is 0 Å². The van der Waals surface area contributed by atoms with Crippen LogP contribution in [-0.2, 0) is 54.8 Å². The molecule has 0 aromatic heterocycles. The Labute approximate surface area is 263 Å². The average molecular weight is 648 g/mol. The summed E-state index contributed by atoms with van der Waals surface area (Å²) in [6, 6.07) is 3.51. The van der Waals surface area contributed by atoms with Crippen LogP contribution in [0.1, 0.15) is 51.2 Å². The number of carbonyl (C=O) groups is 5. The van der Waals surface area contributed by atoms with Crippen molar-refractivity contribution in [2.75, 3.05) is 20.7 Å². The number of aliphatic hydroxyl groups is 2. The van der Waals surface area contributed by atoms with Crippen LogP contribution in [0.25, 0.3) is 0 Å². The maximum absolute atomic E-state index is 13.3. The van der Waals surface area contributed by atoms with Crippen LogP contribution in [0, 0.1) is 0 Å². The molecule has 15 nitrogen and oxygen atoms in total. The zero-order valence-electron chi connectivity index (χ0n) is 26.0. The quantitative estimate of drug-likeness (QED) is 0.216. The number of aliphatic hydroxyl groups excluding tert-OH is 1. The van der Waals surface area contributed by atoms with Gasteiger partial charge in [-0.25, -0.2) is 19.2 Å². The van der Waals surface area contributed by atoms with Crippen LogP contribution in [-0.4, -0.2) is 113 Å². The predicted octanol–water partition coefficient (Wildman–Crippen LogP) is 0.147. The van der Waals surface area contributed by atoms with Gasteiger partial charge in [0.1, 0.15) is 11.9 Å². The zero-order chi connectivity index (χ0) is 33.7. The van der Waals surface area contributed by atoms with E-state index in [9.17, 15) is 34.2 Å². The van der Waals surface area contributed by atoms with Gasteiger partial charge in [-0.05, 0) is 64.9 Å². The summed E-state index contributed by atoms with van der Waals surface area (Å²) in [5.41, 5.74) is -0.416. The minimum atomic E-state index is -1.95. The van der Waals surface area contributed by atoms with Gasteiger partial charge in [0.15, 0.2) is 29.8 Å². The SMILES string of the molecule is COc1ccc2c3c1O[C@H]1C(OC(=O)CC(OC(=O)C(C)O)C(=O)OC(C)C(=O)OC(C)C(=O)O)=CC[C@@]4(O)[C@@H](C2)N(C)CC[C@]314. The molecule has 3 N–H and O–H groups in total. The standard InChI is InChI=1S/C31H37NO14/c1-14(33)27(37)45-20(29(39)43-16(3)28(38)42-15(2)26(35)36)13-22(34)44-19-8-9-31(40)21-12-17-6-7-18(41-5)24-23(17)30(31,25(19)46-24)10-11-32(21)4/h6-8,14-16,20-21,25,33,40H,9-13H2,1-5H3,(H,35,36)/t14?,15?,16?,20?,21-,25+,30+,31-/m1/s1. The minimum absolute atomic E-state index is 0.0951. The van der Waals surface area contributed by atoms with E-state index >= 15 is 0 Å². The second kappa shape index (κ2) is 12.2. The number of esters is 4. The minimum Gasteiger partial charge on any atom is -0.493 e. The number of carboxylic acids is 1. The van der Waals surface area contributed by atoms with E-state index in [2.05, 4.69) is 4.90 Å². The number of aliphatic carboxylic acids is 1. The highest BCUT2D eigenvalue weighted by molar-refractivity contribution is 5.88. The molecule has 1 spiro atoms. The lowest BCUT2D eigenvalue weighted by Gasteiger charge is -2.61. The van der Waals surface area contributed by atoms with Crippen LogP contribution in [0.2, 0.25) is 0 Å². The summed E-state index contributed by atoms with van der Waals surface area (Å²) in [6.07, 6.45) is -5.79. The van der Waals surface area contributed by atoms with Gasteiger partial charge in [0, 0.05) is 18.0 Å². The van der Waals surface area contributed by atoms with E-state index in [-0.39, 0.29) is 18.2 Å². The Morgan fingerprint density at radius 1 is 1.04 bits per heavy atom. The number of carboxylic acid groups (broad SMARTS) is 1. The molecule has 15 heteroatoms. The van der Waals surface area contributed by atoms with E-state index in [1.54, 1.807) is 12.1 Å². The Hall–Kier alpha value is -4.21. The number of carbonyl (C=O) groups excluding carboxylic acids is 4. The number of likely N-dealkylation sites (tertiary alicyclic amines) is 1. The van der Waals surface area contributed by atoms with Crippen LogP contribution < -0.4 is 9.47 Å². The molecular formula is C31H37NO14. The zero-order valence-corrected chi connectivity index (χ0v) is 26.0. The summed E-state index contributed by atoms with van der Waals surface area (Å²) in [5, 5.41) is 30.9. The molecule has 1 fully saturated rings. The Morgan fingerprint density at radius 3 is 2.39 bits per heavy atom. The maximum Gasteiger partial charge on any atom is 0.348 e. The molecule has 8 atom stereocenters. The Bertz CT molecular complexity index is 1490. The van der Waals surface area contributed by atoms with Gasteiger partial charge in [-0.1, -0.05) is 6.07 Å². The molecule has 2 bridgehead atoms. The highest BCUT2D eigenvalue weighted by Crippen LogP contribution is 2.65. The molecule has 2 heterocycles. The van der Waals surface area contributed by atoms with Crippen molar-refractivity contribution in [3.63, 3.8) is 0 Å². The summed E-state index contributed by atoms with van der Waals surface area (Å²) in [7, 11) is 3.46. The van der Waals surface area contributed by atoms with Crippen molar-refractivity contribution < 1.29 is 67.7 Å². The summed E-state index contributed by atoms with van der Waals surface area (Å²) >= 11 is 0. The van der Waals surface area contributed by atoms with Gasteiger partial charge in [0.25, 0.3) is 0 Å². The molecule has 250 valence electrons. The van der Waals surface area contributed by atoms with Crippen LogP contribution >= 0.6 is 0 Å². The second-order valence-electron chi connectivity index (χ2n) is 12.1. The number of hydrogen-bond acceptors (Lipinski definition) is 14. The van der Waals surface area contributed by atoms with Crippen LogP contribution in [0.5, 0.6) is 11.5 Å². The van der Waals surface area contributed by atoms with Gasteiger partial charge < -0.3 is 48.6 Å². The van der Waals surface area contributed by atoms with E-state index in [0.717, 1.165) is 31.9 Å². The average Bonchev–Trinajstić information content (AvgIpc) is 3.35. The first-order valence-corrected chi connectivity index (χ1v) is 14.9. The number of methoxy groups -OCH3 is 1. The molecule has 2 aliphatic heterocycles. The number of piperidine rings is 1. The van der Waals surface area contributed by atoms with Crippen molar-refractivity contribution in [3.8, 4) is 11.5 Å². The van der Waals surface area contributed by atoms with E-state index < -0.39 is 77.8 Å². The van der Waals surface area contributed by atoms with Crippen LogP contribution in [0.3, 0.4) is 0 Å². The fraction of sp³-hybridized carbons (Fsp3) is 0.581. The monoisotopic (exact) mass is 647 g/mol. The topological polar surface area (TPSA) is 205 Å². The molecule has 0 amide bonds. The molecule has 1 aromatic carbocycles. The molecule has 0 radical (unpaired) electrons. The summed E-state index contributed by atoms with van der Waals surface area (Å²) in [5.74, 6) is -5.23. The first-order chi connectivity index (χ1) is 21.6. The number of benzene rings is 1. The molecule has 4 aliphatic rings. The number of nitrogens with zero attached hydrogens (tertiary/aromatic N) is 1. The largest absolute Gasteiger partial charge is 0.493 e. The number of hydrogen-bond donors (Lipinski definition) is 3. The van der Waals surface area contributed by atoms with E-state index in [1.165, 1.54) is 7.11 Å². The van der Waals surface area contributed by atoms with Crippen molar-refractivity contribution in [2.45, 2.75) is 94.0 Å². The van der Waals surface area contributed by atoms with Crippen molar-refractivity contribution >= 4 is 29.8 Å². The predicted molar refractivity (Wildman–Crippen MR) is 152 cm³/mol. The maximum atomic E-state index is 13.3. The van der Waals surface area contributed by atoms with Gasteiger partial charge in [0.05, 0.1) is 24.5 Å². The lowest BCUT2D eigenvalue weighted by atomic mass is 9.50. The van der Waals surface area contributed by atoms with Crippen molar-refractivity contribution in [1.82, 2.24) is 4.90 Å². The van der Waals surface area contributed by atoms with E-state index in [4.69, 9.17) is 33.5 Å². The van der Waals surface area contributed by atoms with Crippen molar-refractivity contribution in [3.05, 3.63) is 35.1 Å². The van der Waals surface area contributed by atoms with Gasteiger partial charge in [0.2, 0.25) is 6.10 Å². The molecule has 0 saturated carbocycles. The summed E-state index contributed by atoms with van der Waals surface area (Å²) in [6.45, 7) is 3.92. The van der Waals surface area contributed by atoms with Gasteiger partial charge in [-0.3, -0.25) is 4.79 Å². The van der Waals surface area contributed by atoms with Gasteiger partial charge in [-0.2, -0.15) is 0 Å². The Morgan fingerprint density at radius 2 is 1.74 bits per heavy atom. The molecule has 5 rings (SSSR count). The first kappa shape index (κ1) is 33.2. The summed E-state index contributed by atoms with van der Waals surface area (Å²) < 4.78 is 32.5. The smallest absolute Gasteiger partial charge is 0.348 e. The van der Waals surface area contributed by atoms with Crippen LogP contribution in [0.4, 0.5) is 0 Å². The third-order valence-corrected chi connectivity index (χ3v) is 9.27. The fourth-order valence-corrected chi connectivity index (χ4v) is 6.94. The number of ether oxygens (including phenoxy) is 6. The normalized spacial score (nSPS) is 28.2. The molecular weight excluding hydrogens is 610 g/mol. The highest BCUT2D eigenvalue weighted by atomic mass is 16.6. The fourth-order valence-electron chi connectivity index (χ4n) is 6.94. The second-order valence-corrected chi connectivity index (χ2v) is 12.1. The number of rotatable bonds is 11. The number of likely N-dealkylation sites (N-methyl/N-ethyl adjacent to an activating group) is 1. The van der Waals surface area contributed by atoms with E-state index in [0.29, 0.717) is 30.9 Å². The van der Waals surface area contributed by atoms with Crippen molar-refractivity contribution in [1.29, 1.82) is 0 Å². The Balaban J connectivity index is 1.38. The molecule has 1 aromatic rings. The van der Waals surface area contributed by atoms with Crippen molar-refractivity contribution in [2.24, 2.45) is 0 Å². The highest BCUT2D eigenvalue weighted by Gasteiger charge is 2.72.